The molecule has 0 spiro atoms. The van der Waals surface area contributed by atoms with Crippen LogP contribution in [0, 0.1) is 0 Å². The largest absolute Gasteiger partial charge is 0.457 e. The first-order valence-electron chi connectivity index (χ1n) is 11.4. The summed E-state index contributed by atoms with van der Waals surface area (Å²) in [7, 11) is 0. The van der Waals surface area contributed by atoms with Gasteiger partial charge in [0.25, 0.3) is 0 Å². The first-order valence-corrected chi connectivity index (χ1v) is 13.0. The Morgan fingerprint density at radius 2 is 1.78 bits per heavy atom. The van der Waals surface area contributed by atoms with Crippen LogP contribution in [0.3, 0.4) is 0 Å². The summed E-state index contributed by atoms with van der Waals surface area (Å²) in [6.45, 7) is 6.84. The van der Waals surface area contributed by atoms with Gasteiger partial charge >= 0.3 is 0 Å². The van der Waals surface area contributed by atoms with Crippen LogP contribution in [-0.2, 0) is 4.79 Å². The number of carbonyl (C=O) groups is 1. The number of likely N-dealkylation sites (N-methyl/N-ethyl adjacent to an activating group) is 1. The summed E-state index contributed by atoms with van der Waals surface area (Å²) in [4.78, 5) is 17.1. The predicted molar refractivity (Wildman–Crippen MR) is 153 cm³/mol. The molecule has 1 aromatic heterocycles. The molecule has 4 rings (SSSR count). The lowest BCUT2D eigenvalue weighted by atomic mass is 10.2. The van der Waals surface area contributed by atoms with Gasteiger partial charge in [0, 0.05) is 47.9 Å². The number of para-hydroxylation sites is 1. The van der Waals surface area contributed by atoms with Crippen molar-refractivity contribution >= 4 is 75.5 Å². The van der Waals surface area contributed by atoms with E-state index in [1.54, 1.807) is 36.4 Å². The van der Waals surface area contributed by atoms with Crippen molar-refractivity contribution in [3.63, 3.8) is 0 Å². The predicted octanol–water partition coefficient (Wildman–Crippen LogP) is 6.58. The summed E-state index contributed by atoms with van der Waals surface area (Å²) in [5.41, 5.74) is 2.37. The van der Waals surface area contributed by atoms with Gasteiger partial charge in [0.05, 0.1) is 16.4 Å². The molecule has 6 nitrogen and oxygen atoms in total. The number of carbonyl (C=O) groups excluding carboxylic acids is 1. The molecule has 0 saturated carbocycles. The van der Waals surface area contributed by atoms with Gasteiger partial charge in [-0.3, -0.25) is 10.1 Å². The van der Waals surface area contributed by atoms with Crippen molar-refractivity contribution in [2.75, 3.05) is 42.9 Å². The van der Waals surface area contributed by atoms with Crippen molar-refractivity contribution in [2.45, 2.75) is 6.92 Å². The molecule has 1 amide bonds. The van der Waals surface area contributed by atoms with Gasteiger partial charge in [-0.1, -0.05) is 47.8 Å². The Kier molecular flexibility index (Phi) is 8.93. The van der Waals surface area contributed by atoms with Gasteiger partial charge in [-0.2, -0.15) is 0 Å². The lowest BCUT2D eigenvalue weighted by Gasteiger charge is -2.36. The van der Waals surface area contributed by atoms with Crippen LogP contribution >= 0.6 is 47.0 Å². The Morgan fingerprint density at radius 1 is 1.06 bits per heavy atom. The molecule has 0 bridgehead atoms. The number of anilines is 2. The van der Waals surface area contributed by atoms with Crippen LogP contribution in [0.15, 0.2) is 59.0 Å². The summed E-state index contributed by atoms with van der Waals surface area (Å²) in [6, 6.07) is 14.3. The van der Waals surface area contributed by atoms with E-state index in [1.807, 2.05) is 18.2 Å². The van der Waals surface area contributed by atoms with Crippen LogP contribution in [0.5, 0.6) is 0 Å². The fourth-order valence-electron chi connectivity index (χ4n) is 3.98. The third-order valence-corrected chi connectivity index (χ3v) is 6.73. The molecule has 188 valence electrons. The Labute approximate surface area is 230 Å². The van der Waals surface area contributed by atoms with Crippen LogP contribution < -0.4 is 15.5 Å². The minimum absolute atomic E-state index is 0.175. The Bertz CT molecular complexity index is 1270. The summed E-state index contributed by atoms with van der Waals surface area (Å²) >= 11 is 24.1. The van der Waals surface area contributed by atoms with E-state index >= 15 is 0 Å². The van der Waals surface area contributed by atoms with E-state index in [1.165, 1.54) is 6.08 Å². The maximum atomic E-state index is 12.5. The zero-order chi connectivity index (χ0) is 25.7. The maximum absolute atomic E-state index is 12.5. The quantitative estimate of drug-likeness (QED) is 0.261. The number of furan rings is 1. The molecule has 0 radical (unpaired) electrons. The average Bonchev–Trinajstić information content (AvgIpc) is 3.32. The normalized spacial score (nSPS) is 14.3. The van der Waals surface area contributed by atoms with Gasteiger partial charge in [0.2, 0.25) is 5.91 Å². The summed E-state index contributed by atoms with van der Waals surface area (Å²) in [5, 5.41) is 7.61. The van der Waals surface area contributed by atoms with Crippen molar-refractivity contribution in [1.29, 1.82) is 0 Å². The molecule has 0 unspecified atom stereocenters. The van der Waals surface area contributed by atoms with E-state index in [4.69, 9.17) is 51.4 Å². The van der Waals surface area contributed by atoms with Gasteiger partial charge in [-0.25, -0.2) is 0 Å². The van der Waals surface area contributed by atoms with Crippen molar-refractivity contribution in [3.8, 4) is 11.3 Å². The smallest absolute Gasteiger partial charge is 0.250 e. The van der Waals surface area contributed by atoms with E-state index in [2.05, 4.69) is 27.4 Å². The first kappa shape index (κ1) is 26.5. The molecule has 2 heterocycles. The minimum atomic E-state index is -0.392. The molecule has 2 aromatic carbocycles. The fourth-order valence-corrected chi connectivity index (χ4v) is 5.01. The van der Waals surface area contributed by atoms with E-state index in [0.29, 0.717) is 26.6 Å². The number of benzene rings is 2. The molecule has 10 heteroatoms. The Hall–Kier alpha value is -2.55. The highest BCUT2D eigenvalue weighted by Gasteiger charge is 2.21. The molecule has 1 aliphatic rings. The van der Waals surface area contributed by atoms with Crippen molar-refractivity contribution in [1.82, 2.24) is 10.2 Å². The second kappa shape index (κ2) is 12.1. The average molecular weight is 564 g/mol. The lowest BCUT2D eigenvalue weighted by Crippen LogP contribution is -2.46. The number of nitrogens with one attached hydrogen (secondary N) is 2. The van der Waals surface area contributed by atoms with E-state index in [9.17, 15) is 4.79 Å². The highest BCUT2D eigenvalue weighted by Crippen LogP contribution is 2.34. The topological polar surface area (TPSA) is 60.8 Å². The highest BCUT2D eigenvalue weighted by atomic mass is 35.5. The molecule has 3 aromatic rings. The number of rotatable bonds is 6. The summed E-state index contributed by atoms with van der Waals surface area (Å²) < 4.78 is 5.79. The maximum Gasteiger partial charge on any atom is 0.250 e. The van der Waals surface area contributed by atoms with Crippen molar-refractivity contribution in [3.05, 3.63) is 75.4 Å². The molecule has 1 fully saturated rings. The van der Waals surface area contributed by atoms with Gasteiger partial charge < -0.3 is 19.5 Å². The summed E-state index contributed by atoms with van der Waals surface area (Å²) in [5.74, 6) is 0.694. The highest BCUT2D eigenvalue weighted by molar-refractivity contribution is 7.80. The van der Waals surface area contributed by atoms with Crippen LogP contribution in [0.1, 0.15) is 12.7 Å². The Morgan fingerprint density at radius 3 is 2.47 bits per heavy atom. The van der Waals surface area contributed by atoms with Crippen LogP contribution in [-0.4, -0.2) is 48.6 Å². The molecule has 1 saturated heterocycles. The molecule has 0 atom stereocenters. The number of nitrogens with zero attached hydrogens (tertiary/aromatic N) is 2. The molecule has 1 aliphatic heterocycles. The van der Waals surface area contributed by atoms with Gasteiger partial charge in [-0.05, 0) is 67.3 Å². The van der Waals surface area contributed by atoms with Gasteiger partial charge in [0.1, 0.15) is 11.5 Å². The second-order valence-electron chi connectivity index (χ2n) is 8.19. The van der Waals surface area contributed by atoms with Crippen molar-refractivity contribution in [2.24, 2.45) is 0 Å². The standard InChI is InChI=1S/C26H25Cl3N4O2S/c1-2-32-10-12-33(13-11-32)25-21(29)4-3-5-22(25)30-26(36)31-24(34)9-7-20-6-8-23(35-20)17-14-18(27)16-19(28)15-17/h3-9,14-16H,2,10-13H2,1H3,(H2,30,31,34,36)/b9-7+. The first-order chi connectivity index (χ1) is 17.3. The van der Waals surface area contributed by atoms with Crippen LogP contribution in [0.2, 0.25) is 15.1 Å². The number of hydrogen-bond acceptors (Lipinski definition) is 5. The summed E-state index contributed by atoms with van der Waals surface area (Å²) in [6.07, 6.45) is 2.91. The van der Waals surface area contributed by atoms with E-state index in [0.717, 1.165) is 49.7 Å². The second-order valence-corrected chi connectivity index (χ2v) is 9.88. The molecular weight excluding hydrogens is 539 g/mol. The Balaban J connectivity index is 1.37. The molecule has 0 aliphatic carbocycles. The van der Waals surface area contributed by atoms with E-state index < -0.39 is 5.91 Å². The van der Waals surface area contributed by atoms with Crippen molar-refractivity contribution < 1.29 is 9.21 Å². The SMILES string of the molecule is CCN1CCN(c2c(Cl)cccc2NC(=S)NC(=O)/C=C/c2ccc(-c3cc(Cl)cc(Cl)c3)o2)CC1. The number of piperazine rings is 1. The zero-order valence-electron chi connectivity index (χ0n) is 19.6. The number of amides is 1. The van der Waals surface area contributed by atoms with E-state index in [-0.39, 0.29) is 5.11 Å². The monoisotopic (exact) mass is 562 g/mol. The fraction of sp³-hybridized carbons (Fsp3) is 0.231. The molecule has 36 heavy (non-hydrogen) atoms. The van der Waals surface area contributed by atoms with Crippen LogP contribution in [0.4, 0.5) is 11.4 Å². The number of halogens is 3. The minimum Gasteiger partial charge on any atom is -0.457 e. The third kappa shape index (κ3) is 6.81. The molecular formula is C26H25Cl3N4O2S. The lowest BCUT2D eigenvalue weighted by molar-refractivity contribution is -0.115. The molecule has 2 N–H and O–H groups in total. The zero-order valence-corrected chi connectivity index (χ0v) is 22.6. The van der Waals surface area contributed by atoms with Crippen LogP contribution in [0.25, 0.3) is 17.4 Å². The van der Waals surface area contributed by atoms with Gasteiger partial charge in [0.15, 0.2) is 5.11 Å². The van der Waals surface area contributed by atoms with Gasteiger partial charge in [-0.15, -0.1) is 0 Å². The number of hydrogen-bond donors (Lipinski definition) is 2. The number of thiocarbonyl (C=S) groups is 1. The third-order valence-electron chi connectivity index (χ3n) is 5.78.